The van der Waals surface area contributed by atoms with Crippen LogP contribution >= 0.6 is 0 Å². The molecular formula is C14H21FN2O2. The lowest BCUT2D eigenvalue weighted by Crippen LogP contribution is -2.40. The van der Waals surface area contributed by atoms with Crippen LogP contribution in [0.4, 0.5) is 10.1 Å². The van der Waals surface area contributed by atoms with Crippen molar-refractivity contribution in [3.63, 3.8) is 0 Å². The SMILES string of the molecule is COc1ccc(F)c(NC(CN)C2CCC(C)O2)c1. The summed E-state index contributed by atoms with van der Waals surface area (Å²) in [7, 11) is 1.55. The standard InChI is InChI=1S/C14H21FN2O2/c1-9-3-6-14(19-9)13(8-16)17-12-7-10(18-2)4-5-11(12)15/h4-5,7,9,13-14,17H,3,6,8,16H2,1-2H3. The zero-order chi connectivity index (χ0) is 13.8. The van der Waals surface area contributed by atoms with Crippen molar-refractivity contribution in [2.24, 2.45) is 5.73 Å². The highest BCUT2D eigenvalue weighted by Gasteiger charge is 2.29. The van der Waals surface area contributed by atoms with Gasteiger partial charge in [-0.15, -0.1) is 0 Å². The average molecular weight is 268 g/mol. The van der Waals surface area contributed by atoms with Crippen molar-refractivity contribution in [1.29, 1.82) is 0 Å². The zero-order valence-electron chi connectivity index (χ0n) is 11.4. The number of methoxy groups -OCH3 is 1. The largest absolute Gasteiger partial charge is 0.497 e. The number of nitrogens with two attached hydrogens (primary N) is 1. The summed E-state index contributed by atoms with van der Waals surface area (Å²) >= 11 is 0. The zero-order valence-corrected chi connectivity index (χ0v) is 11.4. The average Bonchev–Trinajstić information content (AvgIpc) is 2.84. The highest BCUT2D eigenvalue weighted by Crippen LogP contribution is 2.26. The van der Waals surface area contributed by atoms with Gasteiger partial charge in [0, 0.05) is 12.6 Å². The van der Waals surface area contributed by atoms with E-state index in [9.17, 15) is 4.39 Å². The Balaban J connectivity index is 2.09. The first-order valence-corrected chi connectivity index (χ1v) is 6.59. The van der Waals surface area contributed by atoms with Gasteiger partial charge in [-0.1, -0.05) is 0 Å². The van der Waals surface area contributed by atoms with Crippen molar-refractivity contribution in [2.75, 3.05) is 19.0 Å². The molecule has 1 heterocycles. The number of hydrogen-bond acceptors (Lipinski definition) is 4. The topological polar surface area (TPSA) is 56.5 Å². The Morgan fingerprint density at radius 3 is 2.89 bits per heavy atom. The van der Waals surface area contributed by atoms with Crippen molar-refractivity contribution in [2.45, 2.75) is 38.0 Å². The van der Waals surface area contributed by atoms with Gasteiger partial charge in [0.1, 0.15) is 11.6 Å². The molecule has 3 N–H and O–H groups in total. The molecule has 1 aromatic rings. The summed E-state index contributed by atoms with van der Waals surface area (Å²) in [5.74, 6) is 0.297. The van der Waals surface area contributed by atoms with Crippen LogP contribution in [0.1, 0.15) is 19.8 Å². The van der Waals surface area contributed by atoms with Crippen LogP contribution in [-0.2, 0) is 4.74 Å². The van der Waals surface area contributed by atoms with E-state index in [-0.39, 0.29) is 24.1 Å². The first kappa shape index (κ1) is 14.1. The predicted molar refractivity (Wildman–Crippen MR) is 73.0 cm³/mol. The number of benzene rings is 1. The maximum Gasteiger partial charge on any atom is 0.146 e. The molecule has 0 amide bonds. The van der Waals surface area contributed by atoms with Gasteiger partial charge in [-0.3, -0.25) is 0 Å². The van der Waals surface area contributed by atoms with Gasteiger partial charge in [0.05, 0.1) is 31.0 Å². The maximum absolute atomic E-state index is 13.8. The van der Waals surface area contributed by atoms with E-state index >= 15 is 0 Å². The lowest BCUT2D eigenvalue weighted by Gasteiger charge is -2.24. The first-order valence-electron chi connectivity index (χ1n) is 6.59. The number of hydrogen-bond donors (Lipinski definition) is 2. The van der Waals surface area contributed by atoms with Gasteiger partial charge in [-0.2, -0.15) is 0 Å². The fourth-order valence-corrected chi connectivity index (χ4v) is 2.37. The van der Waals surface area contributed by atoms with E-state index in [4.69, 9.17) is 15.2 Å². The highest BCUT2D eigenvalue weighted by molar-refractivity contribution is 5.50. The Labute approximate surface area is 113 Å². The number of halogens is 1. The molecule has 0 aromatic heterocycles. The van der Waals surface area contributed by atoms with Crippen LogP contribution in [0.3, 0.4) is 0 Å². The van der Waals surface area contributed by atoms with Gasteiger partial charge in [-0.05, 0) is 31.9 Å². The van der Waals surface area contributed by atoms with Gasteiger partial charge >= 0.3 is 0 Å². The van der Waals surface area contributed by atoms with E-state index in [0.29, 0.717) is 18.0 Å². The van der Waals surface area contributed by atoms with Crippen LogP contribution in [-0.4, -0.2) is 31.9 Å². The van der Waals surface area contributed by atoms with Gasteiger partial charge < -0.3 is 20.5 Å². The van der Waals surface area contributed by atoms with Gasteiger partial charge in [0.2, 0.25) is 0 Å². The van der Waals surface area contributed by atoms with Crippen LogP contribution in [0.15, 0.2) is 18.2 Å². The number of anilines is 1. The fourth-order valence-electron chi connectivity index (χ4n) is 2.37. The molecular weight excluding hydrogens is 247 g/mol. The van der Waals surface area contributed by atoms with Crippen LogP contribution in [0.2, 0.25) is 0 Å². The number of rotatable bonds is 5. The first-order chi connectivity index (χ1) is 9.13. The summed E-state index contributed by atoms with van der Waals surface area (Å²) in [6, 6.07) is 4.52. The third-order valence-corrected chi connectivity index (χ3v) is 3.48. The smallest absolute Gasteiger partial charge is 0.146 e. The molecule has 3 unspecified atom stereocenters. The van der Waals surface area contributed by atoms with Crippen LogP contribution in [0.25, 0.3) is 0 Å². The molecule has 1 fully saturated rings. The van der Waals surface area contributed by atoms with Crippen LogP contribution in [0, 0.1) is 5.82 Å². The van der Waals surface area contributed by atoms with Crippen LogP contribution < -0.4 is 15.8 Å². The molecule has 0 saturated carbocycles. The van der Waals surface area contributed by atoms with Gasteiger partial charge in [0.15, 0.2) is 0 Å². The second-order valence-electron chi connectivity index (χ2n) is 4.89. The second kappa shape index (κ2) is 6.21. The lowest BCUT2D eigenvalue weighted by atomic mass is 10.1. The normalized spacial score (nSPS) is 24.2. The van der Waals surface area contributed by atoms with Crippen LogP contribution in [0.5, 0.6) is 5.75 Å². The summed E-state index contributed by atoms with van der Waals surface area (Å²) < 4.78 is 24.7. The molecule has 1 saturated heterocycles. The van der Waals surface area contributed by atoms with E-state index in [2.05, 4.69) is 5.32 Å². The number of nitrogens with one attached hydrogen (secondary N) is 1. The van der Waals surface area contributed by atoms with Crippen molar-refractivity contribution < 1.29 is 13.9 Å². The van der Waals surface area contributed by atoms with E-state index in [0.717, 1.165) is 12.8 Å². The summed E-state index contributed by atoms with van der Waals surface area (Å²) in [6.07, 6.45) is 2.24. The molecule has 0 spiro atoms. The van der Waals surface area contributed by atoms with Gasteiger partial charge in [-0.25, -0.2) is 4.39 Å². The predicted octanol–water partition coefficient (Wildman–Crippen LogP) is 2.14. The third kappa shape index (κ3) is 3.36. The Morgan fingerprint density at radius 2 is 2.32 bits per heavy atom. The molecule has 3 atom stereocenters. The van der Waals surface area contributed by atoms with E-state index in [1.54, 1.807) is 19.2 Å². The minimum Gasteiger partial charge on any atom is -0.497 e. The summed E-state index contributed by atoms with van der Waals surface area (Å²) in [5, 5.41) is 3.13. The summed E-state index contributed by atoms with van der Waals surface area (Å²) in [4.78, 5) is 0. The molecule has 1 aliphatic heterocycles. The molecule has 0 bridgehead atoms. The van der Waals surface area contributed by atoms with E-state index in [1.807, 2.05) is 6.92 Å². The Kier molecular flexibility index (Phi) is 4.61. The summed E-state index contributed by atoms with van der Waals surface area (Å²) in [5.41, 5.74) is 6.17. The summed E-state index contributed by atoms with van der Waals surface area (Å²) in [6.45, 7) is 2.44. The maximum atomic E-state index is 13.8. The van der Waals surface area contributed by atoms with E-state index < -0.39 is 0 Å². The number of ether oxygens (including phenoxy) is 2. The van der Waals surface area contributed by atoms with Crippen molar-refractivity contribution in [1.82, 2.24) is 0 Å². The molecule has 2 rings (SSSR count). The molecule has 4 nitrogen and oxygen atoms in total. The minimum absolute atomic E-state index is 0.0330. The fraction of sp³-hybridized carbons (Fsp3) is 0.571. The highest BCUT2D eigenvalue weighted by atomic mass is 19.1. The molecule has 5 heteroatoms. The molecule has 0 aliphatic carbocycles. The molecule has 1 aliphatic rings. The van der Waals surface area contributed by atoms with Crippen molar-refractivity contribution in [3.05, 3.63) is 24.0 Å². The Hall–Kier alpha value is -1.33. The third-order valence-electron chi connectivity index (χ3n) is 3.48. The minimum atomic E-state index is -0.315. The molecule has 1 aromatic carbocycles. The van der Waals surface area contributed by atoms with Gasteiger partial charge in [0.25, 0.3) is 0 Å². The molecule has 106 valence electrons. The Morgan fingerprint density at radius 1 is 1.53 bits per heavy atom. The Bertz CT molecular complexity index is 428. The molecule has 0 radical (unpaired) electrons. The van der Waals surface area contributed by atoms with Crippen molar-refractivity contribution in [3.8, 4) is 5.75 Å². The molecule has 19 heavy (non-hydrogen) atoms. The monoisotopic (exact) mass is 268 g/mol. The quantitative estimate of drug-likeness (QED) is 0.859. The van der Waals surface area contributed by atoms with Crippen molar-refractivity contribution >= 4 is 5.69 Å². The second-order valence-corrected chi connectivity index (χ2v) is 4.89. The van der Waals surface area contributed by atoms with E-state index in [1.165, 1.54) is 6.07 Å². The lowest BCUT2D eigenvalue weighted by molar-refractivity contribution is 0.0459.